The van der Waals surface area contributed by atoms with E-state index in [1.165, 1.54) is 10.3 Å². The topological polar surface area (TPSA) is 69.2 Å². The molecule has 1 aromatic carbocycles. The minimum atomic E-state index is -0.467. The van der Waals surface area contributed by atoms with E-state index in [9.17, 15) is 10.1 Å². The van der Waals surface area contributed by atoms with Crippen LogP contribution in [0.4, 0.5) is 11.4 Å². The average molecular weight is 266 g/mol. The van der Waals surface area contributed by atoms with Crippen LogP contribution in [-0.4, -0.2) is 4.92 Å². The van der Waals surface area contributed by atoms with Crippen LogP contribution >= 0.6 is 23.1 Å². The van der Waals surface area contributed by atoms with Crippen molar-refractivity contribution in [3.63, 3.8) is 0 Å². The molecule has 2 rings (SSSR count). The van der Waals surface area contributed by atoms with Gasteiger partial charge in [-0.25, -0.2) is 0 Å². The predicted octanol–water partition coefficient (Wildman–Crippen LogP) is 3.53. The molecule has 88 valence electrons. The van der Waals surface area contributed by atoms with E-state index in [0.29, 0.717) is 0 Å². The Morgan fingerprint density at radius 3 is 2.82 bits per heavy atom. The van der Waals surface area contributed by atoms with Gasteiger partial charge in [-0.1, -0.05) is 12.1 Å². The summed E-state index contributed by atoms with van der Waals surface area (Å²) in [5, 5.41) is 12.6. The molecule has 0 aliphatic heterocycles. The van der Waals surface area contributed by atoms with Crippen LogP contribution < -0.4 is 5.73 Å². The zero-order valence-corrected chi connectivity index (χ0v) is 10.5. The largest absolute Gasteiger partial charge is 0.393 e. The highest BCUT2D eigenvalue weighted by molar-refractivity contribution is 8.00. The number of nitro groups is 1. The van der Waals surface area contributed by atoms with Crippen molar-refractivity contribution in [2.45, 2.75) is 9.96 Å². The quantitative estimate of drug-likeness (QED) is 0.398. The van der Waals surface area contributed by atoms with E-state index < -0.39 is 4.92 Å². The fraction of sp³-hybridized carbons (Fsp3) is 0.0909. The fourth-order valence-electron chi connectivity index (χ4n) is 1.36. The van der Waals surface area contributed by atoms with Crippen molar-refractivity contribution in [1.82, 2.24) is 0 Å². The molecule has 17 heavy (non-hydrogen) atoms. The van der Waals surface area contributed by atoms with Crippen LogP contribution in [0.1, 0.15) is 5.56 Å². The Hall–Kier alpha value is -1.53. The minimum Gasteiger partial charge on any atom is -0.393 e. The Morgan fingerprint density at radius 2 is 2.24 bits per heavy atom. The van der Waals surface area contributed by atoms with Gasteiger partial charge in [-0.05, 0) is 23.1 Å². The highest BCUT2D eigenvalue weighted by Crippen LogP contribution is 2.29. The molecule has 0 unspecified atom stereocenters. The Labute approximate surface area is 107 Å². The van der Waals surface area contributed by atoms with Gasteiger partial charge in [-0.3, -0.25) is 10.1 Å². The third kappa shape index (κ3) is 2.98. The van der Waals surface area contributed by atoms with Gasteiger partial charge in [-0.2, -0.15) is 0 Å². The van der Waals surface area contributed by atoms with Gasteiger partial charge in [0.15, 0.2) is 0 Å². The summed E-state index contributed by atoms with van der Waals surface area (Å²) >= 11 is 3.37. The van der Waals surface area contributed by atoms with Crippen molar-refractivity contribution in [2.24, 2.45) is 0 Å². The molecule has 0 aliphatic rings. The molecule has 2 aromatic rings. The van der Waals surface area contributed by atoms with Crippen molar-refractivity contribution in [3.8, 4) is 0 Å². The van der Waals surface area contributed by atoms with Gasteiger partial charge in [0.05, 0.1) is 9.13 Å². The number of nitrogen functional groups attached to an aromatic ring is 1. The Balaban J connectivity index is 2.07. The second kappa shape index (κ2) is 5.20. The second-order valence-electron chi connectivity index (χ2n) is 3.37. The normalized spacial score (nSPS) is 10.4. The molecule has 1 heterocycles. The van der Waals surface area contributed by atoms with Crippen LogP contribution in [0.2, 0.25) is 0 Å². The first-order valence-electron chi connectivity index (χ1n) is 4.86. The zero-order valence-electron chi connectivity index (χ0n) is 8.83. The zero-order chi connectivity index (χ0) is 12.3. The number of thioether (sulfide) groups is 1. The standard InChI is InChI=1S/C11H10N2O2S2/c12-9-6-8(3-4-10(9)13(14)15)7-17-11-2-1-5-16-11/h1-6H,7,12H2. The number of benzene rings is 1. The Morgan fingerprint density at radius 1 is 1.41 bits per heavy atom. The lowest BCUT2D eigenvalue weighted by Gasteiger charge is -2.02. The molecule has 0 fully saturated rings. The van der Waals surface area contributed by atoms with Crippen molar-refractivity contribution >= 4 is 34.5 Å². The molecular formula is C11H10N2O2S2. The van der Waals surface area contributed by atoms with Gasteiger partial charge < -0.3 is 5.73 Å². The molecule has 0 amide bonds. The number of nitrogens with two attached hydrogens (primary N) is 1. The lowest BCUT2D eigenvalue weighted by Crippen LogP contribution is -1.96. The highest BCUT2D eigenvalue weighted by atomic mass is 32.2. The molecule has 0 aliphatic carbocycles. The summed E-state index contributed by atoms with van der Waals surface area (Å²) in [7, 11) is 0. The molecule has 4 nitrogen and oxygen atoms in total. The average Bonchev–Trinajstić information content (AvgIpc) is 2.78. The van der Waals surface area contributed by atoms with E-state index in [1.54, 1.807) is 35.2 Å². The summed E-state index contributed by atoms with van der Waals surface area (Å²) in [6.45, 7) is 0. The third-order valence-electron chi connectivity index (χ3n) is 2.16. The van der Waals surface area contributed by atoms with E-state index in [0.717, 1.165) is 11.3 Å². The maximum absolute atomic E-state index is 10.6. The smallest absolute Gasteiger partial charge is 0.292 e. The van der Waals surface area contributed by atoms with Crippen LogP contribution in [0.15, 0.2) is 39.9 Å². The lowest BCUT2D eigenvalue weighted by atomic mass is 10.2. The number of hydrogen-bond donors (Lipinski definition) is 1. The molecule has 2 N–H and O–H groups in total. The van der Waals surface area contributed by atoms with E-state index >= 15 is 0 Å². The second-order valence-corrected chi connectivity index (χ2v) is 5.59. The van der Waals surface area contributed by atoms with E-state index in [-0.39, 0.29) is 11.4 Å². The minimum absolute atomic E-state index is 0.0325. The maximum Gasteiger partial charge on any atom is 0.292 e. The van der Waals surface area contributed by atoms with Gasteiger partial charge in [0.25, 0.3) is 5.69 Å². The number of nitro benzene ring substituents is 1. The first kappa shape index (κ1) is 11.9. The fourth-order valence-corrected chi connectivity index (χ4v) is 3.09. The molecule has 6 heteroatoms. The molecular weight excluding hydrogens is 256 g/mol. The SMILES string of the molecule is Nc1cc(CSc2cccs2)ccc1[N+](=O)[O-]. The van der Waals surface area contributed by atoms with Crippen LogP contribution in [-0.2, 0) is 5.75 Å². The third-order valence-corrected chi connectivity index (χ3v) is 4.37. The number of anilines is 1. The first-order chi connectivity index (χ1) is 8.16. The molecule has 1 aromatic heterocycles. The summed E-state index contributed by atoms with van der Waals surface area (Å²) in [4.78, 5) is 10.1. The summed E-state index contributed by atoms with van der Waals surface area (Å²) in [5.41, 5.74) is 6.80. The lowest BCUT2D eigenvalue weighted by molar-refractivity contribution is -0.383. The Kier molecular flexibility index (Phi) is 3.65. The number of nitrogens with zero attached hydrogens (tertiary/aromatic N) is 1. The first-order valence-corrected chi connectivity index (χ1v) is 6.72. The number of rotatable bonds is 4. The molecule has 0 spiro atoms. The van der Waals surface area contributed by atoms with Crippen molar-refractivity contribution < 1.29 is 4.92 Å². The van der Waals surface area contributed by atoms with Crippen LogP contribution in [0.5, 0.6) is 0 Å². The van der Waals surface area contributed by atoms with Crippen LogP contribution in [0.25, 0.3) is 0 Å². The molecule has 0 saturated carbocycles. The van der Waals surface area contributed by atoms with Gasteiger partial charge in [0, 0.05) is 11.8 Å². The molecule has 0 bridgehead atoms. The predicted molar refractivity (Wildman–Crippen MR) is 71.4 cm³/mol. The van der Waals surface area contributed by atoms with Crippen molar-refractivity contribution in [3.05, 3.63) is 51.4 Å². The summed E-state index contributed by atoms with van der Waals surface area (Å²) in [6, 6.07) is 8.91. The number of thiophene rings is 1. The molecule has 0 atom stereocenters. The van der Waals surface area contributed by atoms with Crippen LogP contribution in [0, 0.1) is 10.1 Å². The summed E-state index contributed by atoms with van der Waals surface area (Å²) in [6.07, 6.45) is 0. The van der Waals surface area contributed by atoms with E-state index in [2.05, 4.69) is 0 Å². The monoisotopic (exact) mass is 266 g/mol. The maximum atomic E-state index is 10.6. The summed E-state index contributed by atoms with van der Waals surface area (Å²) < 4.78 is 1.22. The molecule has 0 saturated heterocycles. The van der Waals surface area contributed by atoms with Crippen molar-refractivity contribution in [1.29, 1.82) is 0 Å². The number of hydrogen-bond acceptors (Lipinski definition) is 5. The van der Waals surface area contributed by atoms with Crippen LogP contribution in [0.3, 0.4) is 0 Å². The van der Waals surface area contributed by atoms with Gasteiger partial charge in [0.2, 0.25) is 0 Å². The van der Waals surface area contributed by atoms with E-state index in [4.69, 9.17) is 5.73 Å². The van der Waals surface area contributed by atoms with E-state index in [1.807, 2.05) is 17.5 Å². The van der Waals surface area contributed by atoms with Gasteiger partial charge in [-0.15, -0.1) is 23.1 Å². The Bertz CT molecular complexity index is 526. The highest BCUT2D eigenvalue weighted by Gasteiger charge is 2.11. The van der Waals surface area contributed by atoms with Crippen molar-refractivity contribution in [2.75, 3.05) is 5.73 Å². The summed E-state index contributed by atoms with van der Waals surface area (Å²) in [5.74, 6) is 0.767. The molecule has 0 radical (unpaired) electrons. The van der Waals surface area contributed by atoms with Gasteiger partial charge >= 0.3 is 0 Å². The van der Waals surface area contributed by atoms with Gasteiger partial charge in [0.1, 0.15) is 5.69 Å².